The van der Waals surface area contributed by atoms with Crippen molar-refractivity contribution in [2.24, 2.45) is 5.73 Å². The standard InChI is InChI=1S/C14H19N3O3/c15-14(20)11-5-1-2-6-12(11)16-13(19)8-17-7-3-4-10(17)9-18/h1-2,5-6,10,18H,3-4,7-9H2,(H2,15,20)(H,16,19)/t10-/m0/s1. The fourth-order valence-electron chi connectivity index (χ4n) is 2.49. The number of nitrogens with two attached hydrogens (primary N) is 1. The van der Waals surface area contributed by atoms with Crippen LogP contribution in [0.2, 0.25) is 0 Å². The highest BCUT2D eigenvalue weighted by Crippen LogP contribution is 2.17. The maximum Gasteiger partial charge on any atom is 0.250 e. The van der Waals surface area contributed by atoms with E-state index in [0.717, 1.165) is 19.4 Å². The van der Waals surface area contributed by atoms with Gasteiger partial charge in [-0.1, -0.05) is 12.1 Å². The lowest BCUT2D eigenvalue weighted by Gasteiger charge is -2.22. The number of amides is 2. The molecule has 4 N–H and O–H groups in total. The van der Waals surface area contributed by atoms with Crippen molar-refractivity contribution in [3.63, 3.8) is 0 Å². The zero-order valence-corrected chi connectivity index (χ0v) is 11.2. The number of nitrogens with zero attached hydrogens (tertiary/aromatic N) is 1. The van der Waals surface area contributed by atoms with Crippen LogP contribution in [0, 0.1) is 0 Å². The molecule has 1 saturated heterocycles. The van der Waals surface area contributed by atoms with Crippen LogP contribution in [0.5, 0.6) is 0 Å². The van der Waals surface area contributed by atoms with Gasteiger partial charge in [0, 0.05) is 6.04 Å². The number of primary amides is 1. The lowest BCUT2D eigenvalue weighted by atomic mass is 10.1. The molecule has 0 spiro atoms. The second-order valence-electron chi connectivity index (χ2n) is 4.91. The molecule has 1 fully saturated rings. The Morgan fingerprint density at radius 2 is 2.15 bits per heavy atom. The molecule has 0 aliphatic carbocycles. The maximum absolute atomic E-state index is 12.0. The second kappa shape index (κ2) is 6.49. The topological polar surface area (TPSA) is 95.7 Å². The Bertz CT molecular complexity index is 504. The molecule has 2 amide bonds. The minimum absolute atomic E-state index is 0.0483. The van der Waals surface area contributed by atoms with Gasteiger partial charge < -0.3 is 16.2 Å². The molecule has 0 unspecified atom stereocenters. The van der Waals surface area contributed by atoms with Crippen LogP contribution in [0.3, 0.4) is 0 Å². The second-order valence-corrected chi connectivity index (χ2v) is 4.91. The summed E-state index contributed by atoms with van der Waals surface area (Å²) < 4.78 is 0. The van der Waals surface area contributed by atoms with E-state index >= 15 is 0 Å². The van der Waals surface area contributed by atoms with E-state index in [0.29, 0.717) is 11.3 Å². The average Bonchev–Trinajstić information content (AvgIpc) is 2.86. The molecule has 0 aromatic heterocycles. The first-order valence-electron chi connectivity index (χ1n) is 6.65. The molecular weight excluding hydrogens is 258 g/mol. The normalized spacial score (nSPS) is 18.9. The molecule has 1 aliphatic heterocycles. The highest BCUT2D eigenvalue weighted by Gasteiger charge is 2.25. The van der Waals surface area contributed by atoms with Crippen molar-refractivity contribution >= 4 is 17.5 Å². The molecule has 0 bridgehead atoms. The fourth-order valence-corrected chi connectivity index (χ4v) is 2.49. The predicted octanol–water partition coefficient (Wildman–Crippen LogP) is 0.181. The van der Waals surface area contributed by atoms with Crippen LogP contribution in [0.4, 0.5) is 5.69 Å². The third kappa shape index (κ3) is 3.34. The molecule has 20 heavy (non-hydrogen) atoms. The highest BCUT2D eigenvalue weighted by atomic mass is 16.3. The SMILES string of the molecule is NC(=O)c1ccccc1NC(=O)CN1CCC[C@H]1CO. The number of benzene rings is 1. The number of carbonyl (C=O) groups excluding carboxylic acids is 2. The number of aliphatic hydroxyl groups excluding tert-OH is 1. The van der Waals surface area contributed by atoms with Crippen molar-refractivity contribution in [2.45, 2.75) is 18.9 Å². The van der Waals surface area contributed by atoms with Gasteiger partial charge in [-0.3, -0.25) is 14.5 Å². The lowest BCUT2D eigenvalue weighted by molar-refractivity contribution is -0.117. The minimum Gasteiger partial charge on any atom is -0.395 e. The molecule has 1 aliphatic rings. The average molecular weight is 277 g/mol. The predicted molar refractivity (Wildman–Crippen MR) is 75.3 cm³/mol. The highest BCUT2D eigenvalue weighted by molar-refractivity contribution is 6.03. The Kier molecular flexibility index (Phi) is 4.70. The molecule has 6 heteroatoms. The molecule has 1 aromatic rings. The first-order valence-corrected chi connectivity index (χ1v) is 6.65. The van der Waals surface area contributed by atoms with Gasteiger partial charge in [-0.2, -0.15) is 0 Å². The van der Waals surface area contributed by atoms with Crippen LogP contribution in [0.15, 0.2) is 24.3 Å². The van der Waals surface area contributed by atoms with Gasteiger partial charge in [0.2, 0.25) is 5.91 Å². The number of hydrogen-bond donors (Lipinski definition) is 3. The summed E-state index contributed by atoms with van der Waals surface area (Å²) in [5.74, 6) is -0.783. The monoisotopic (exact) mass is 277 g/mol. The third-order valence-corrected chi connectivity index (χ3v) is 3.52. The number of rotatable bonds is 5. The number of carbonyl (C=O) groups is 2. The summed E-state index contributed by atoms with van der Waals surface area (Å²) in [6, 6.07) is 6.69. The largest absolute Gasteiger partial charge is 0.395 e. The van der Waals surface area contributed by atoms with Crippen molar-refractivity contribution in [1.82, 2.24) is 4.90 Å². The van der Waals surface area contributed by atoms with E-state index in [2.05, 4.69) is 5.32 Å². The van der Waals surface area contributed by atoms with Crippen LogP contribution in [0.25, 0.3) is 0 Å². The smallest absolute Gasteiger partial charge is 0.250 e. The van der Waals surface area contributed by atoms with Crippen molar-refractivity contribution in [1.29, 1.82) is 0 Å². The molecular formula is C14H19N3O3. The van der Waals surface area contributed by atoms with E-state index in [4.69, 9.17) is 5.73 Å². The van der Waals surface area contributed by atoms with E-state index in [1.807, 2.05) is 4.90 Å². The summed E-state index contributed by atoms with van der Waals surface area (Å²) in [6.45, 7) is 1.07. The zero-order valence-electron chi connectivity index (χ0n) is 11.2. The molecule has 1 heterocycles. The fraction of sp³-hybridized carbons (Fsp3) is 0.429. The summed E-state index contributed by atoms with van der Waals surface area (Å²) in [6.07, 6.45) is 1.89. The number of nitrogens with one attached hydrogen (secondary N) is 1. The zero-order chi connectivity index (χ0) is 14.5. The first kappa shape index (κ1) is 14.5. The quantitative estimate of drug-likeness (QED) is 0.715. The molecule has 0 radical (unpaired) electrons. The van der Waals surface area contributed by atoms with Crippen LogP contribution < -0.4 is 11.1 Å². The van der Waals surface area contributed by atoms with Gasteiger partial charge in [0.15, 0.2) is 0 Å². The van der Waals surface area contributed by atoms with Gasteiger partial charge in [-0.15, -0.1) is 0 Å². The van der Waals surface area contributed by atoms with Gasteiger partial charge in [-0.05, 0) is 31.5 Å². The first-order chi connectivity index (χ1) is 9.61. The summed E-state index contributed by atoms with van der Waals surface area (Å²) in [5.41, 5.74) is 5.98. The summed E-state index contributed by atoms with van der Waals surface area (Å²) in [4.78, 5) is 25.2. The van der Waals surface area contributed by atoms with E-state index in [9.17, 15) is 14.7 Å². The Morgan fingerprint density at radius 1 is 1.40 bits per heavy atom. The van der Waals surface area contributed by atoms with Crippen LogP contribution >= 0.6 is 0 Å². The van der Waals surface area contributed by atoms with Crippen LogP contribution in [0.1, 0.15) is 23.2 Å². The number of anilines is 1. The number of para-hydroxylation sites is 1. The van der Waals surface area contributed by atoms with Gasteiger partial charge in [-0.25, -0.2) is 0 Å². The van der Waals surface area contributed by atoms with E-state index in [-0.39, 0.29) is 25.1 Å². The van der Waals surface area contributed by atoms with E-state index in [1.54, 1.807) is 24.3 Å². The van der Waals surface area contributed by atoms with Gasteiger partial charge in [0.1, 0.15) is 0 Å². The molecule has 1 aromatic carbocycles. The van der Waals surface area contributed by atoms with Crippen molar-refractivity contribution in [3.05, 3.63) is 29.8 Å². The Labute approximate surface area is 117 Å². The van der Waals surface area contributed by atoms with Gasteiger partial charge >= 0.3 is 0 Å². The Hall–Kier alpha value is -1.92. The van der Waals surface area contributed by atoms with Crippen molar-refractivity contribution in [2.75, 3.05) is 25.0 Å². The van der Waals surface area contributed by atoms with Crippen molar-refractivity contribution < 1.29 is 14.7 Å². The molecule has 108 valence electrons. The summed E-state index contributed by atoms with van der Waals surface area (Å²) >= 11 is 0. The maximum atomic E-state index is 12.0. The molecule has 6 nitrogen and oxygen atoms in total. The van der Waals surface area contributed by atoms with E-state index in [1.165, 1.54) is 0 Å². The molecule has 1 atom stereocenters. The van der Waals surface area contributed by atoms with Gasteiger partial charge in [0.25, 0.3) is 5.91 Å². The minimum atomic E-state index is -0.574. The number of aliphatic hydroxyl groups is 1. The Morgan fingerprint density at radius 3 is 2.85 bits per heavy atom. The summed E-state index contributed by atoms with van der Waals surface area (Å²) in [5, 5.41) is 11.9. The van der Waals surface area contributed by atoms with Crippen molar-refractivity contribution in [3.8, 4) is 0 Å². The van der Waals surface area contributed by atoms with E-state index < -0.39 is 5.91 Å². The molecule has 2 rings (SSSR count). The summed E-state index contributed by atoms with van der Waals surface area (Å²) in [7, 11) is 0. The van der Waals surface area contributed by atoms with Crippen LogP contribution in [-0.2, 0) is 4.79 Å². The number of likely N-dealkylation sites (tertiary alicyclic amines) is 1. The van der Waals surface area contributed by atoms with Gasteiger partial charge in [0.05, 0.1) is 24.4 Å². The van der Waals surface area contributed by atoms with Crippen LogP contribution in [-0.4, -0.2) is 47.6 Å². The number of hydrogen-bond acceptors (Lipinski definition) is 4. The molecule has 0 saturated carbocycles. The third-order valence-electron chi connectivity index (χ3n) is 3.52. The Balaban J connectivity index is 2.00. The lowest BCUT2D eigenvalue weighted by Crippen LogP contribution is -2.38.